The van der Waals surface area contributed by atoms with Gasteiger partial charge in [-0.1, -0.05) is 5.16 Å². The third-order valence-electron chi connectivity index (χ3n) is 3.97. The summed E-state index contributed by atoms with van der Waals surface area (Å²) in [6.45, 7) is 6.97. The fraction of sp³-hybridized carbons (Fsp3) is 0.643. The smallest absolute Gasteiger partial charge is 0.139 e. The molecule has 106 valence electrons. The summed E-state index contributed by atoms with van der Waals surface area (Å²) >= 11 is 0. The van der Waals surface area contributed by atoms with E-state index in [1.807, 2.05) is 13.8 Å². The molecule has 5 nitrogen and oxygen atoms in total. The van der Waals surface area contributed by atoms with Gasteiger partial charge < -0.3 is 20.7 Å². The quantitative estimate of drug-likeness (QED) is 0.319. The fourth-order valence-corrected chi connectivity index (χ4v) is 2.57. The van der Waals surface area contributed by atoms with Crippen LogP contribution in [0.1, 0.15) is 49.3 Å². The number of hydrogen-bond donors (Lipinski definition) is 3. The van der Waals surface area contributed by atoms with Crippen LogP contribution in [0.25, 0.3) is 0 Å². The second-order valence-electron chi connectivity index (χ2n) is 5.74. The van der Waals surface area contributed by atoms with Gasteiger partial charge in [0.15, 0.2) is 0 Å². The van der Waals surface area contributed by atoms with Crippen molar-refractivity contribution < 1.29 is 9.62 Å². The van der Waals surface area contributed by atoms with Gasteiger partial charge in [0, 0.05) is 24.6 Å². The maximum absolute atomic E-state index is 8.65. The van der Waals surface area contributed by atoms with Gasteiger partial charge in [0.25, 0.3) is 0 Å². The van der Waals surface area contributed by atoms with Crippen molar-refractivity contribution in [2.24, 2.45) is 16.3 Å². The third-order valence-corrected chi connectivity index (χ3v) is 3.97. The number of nitrogens with zero attached hydrogens (tertiary/aromatic N) is 1. The van der Waals surface area contributed by atoms with Gasteiger partial charge in [0.05, 0.1) is 0 Å². The molecule has 4 N–H and O–H groups in total. The van der Waals surface area contributed by atoms with E-state index in [4.69, 9.17) is 15.4 Å². The van der Waals surface area contributed by atoms with Gasteiger partial charge in [-0.2, -0.15) is 0 Å². The standard InChI is InChI=1S/C14H23N3O2/c1-9-6-12(11(3)19-9)10(2)16-8-14(4-5-14)7-13(15)17-18/h6,10,16,18H,4-5,7-8H2,1-3H3,(H2,15,17). The summed E-state index contributed by atoms with van der Waals surface area (Å²) in [4.78, 5) is 0. The van der Waals surface area contributed by atoms with Crippen LogP contribution < -0.4 is 11.1 Å². The van der Waals surface area contributed by atoms with Crippen molar-refractivity contribution in [2.75, 3.05) is 6.54 Å². The Hall–Kier alpha value is -1.49. The Bertz CT molecular complexity index is 475. The molecular formula is C14H23N3O2. The van der Waals surface area contributed by atoms with E-state index in [9.17, 15) is 0 Å². The monoisotopic (exact) mass is 265 g/mol. The van der Waals surface area contributed by atoms with E-state index in [2.05, 4.69) is 23.5 Å². The van der Waals surface area contributed by atoms with Crippen molar-refractivity contribution in [2.45, 2.75) is 46.1 Å². The summed E-state index contributed by atoms with van der Waals surface area (Å²) in [6, 6.07) is 2.33. The highest BCUT2D eigenvalue weighted by molar-refractivity contribution is 5.80. The van der Waals surface area contributed by atoms with Gasteiger partial charge in [0.1, 0.15) is 17.4 Å². The number of rotatable bonds is 6. The zero-order chi connectivity index (χ0) is 14.0. The largest absolute Gasteiger partial charge is 0.466 e. The molecule has 0 amide bonds. The number of hydrogen-bond acceptors (Lipinski definition) is 4. The molecule has 1 aromatic rings. The molecular weight excluding hydrogens is 242 g/mol. The van der Waals surface area contributed by atoms with Crippen LogP contribution in [-0.2, 0) is 0 Å². The molecule has 1 saturated carbocycles. The summed E-state index contributed by atoms with van der Waals surface area (Å²) < 4.78 is 5.55. The molecule has 1 aliphatic rings. The van der Waals surface area contributed by atoms with Crippen molar-refractivity contribution in [3.8, 4) is 0 Å². The lowest BCUT2D eigenvalue weighted by atomic mass is 10.0. The lowest BCUT2D eigenvalue weighted by Crippen LogP contribution is -2.30. The first kappa shape index (κ1) is 13.9. The molecule has 0 saturated heterocycles. The number of furan rings is 1. The van der Waals surface area contributed by atoms with Gasteiger partial charge >= 0.3 is 0 Å². The van der Waals surface area contributed by atoms with Gasteiger partial charge in [-0.15, -0.1) is 0 Å². The van der Waals surface area contributed by atoms with Crippen molar-refractivity contribution in [1.82, 2.24) is 5.32 Å². The van der Waals surface area contributed by atoms with Crippen LogP contribution in [0.2, 0.25) is 0 Å². The van der Waals surface area contributed by atoms with E-state index >= 15 is 0 Å². The minimum atomic E-state index is 0.178. The molecule has 1 aliphatic carbocycles. The minimum Gasteiger partial charge on any atom is -0.466 e. The number of aryl methyl sites for hydroxylation is 2. The highest BCUT2D eigenvalue weighted by atomic mass is 16.4. The van der Waals surface area contributed by atoms with Crippen LogP contribution >= 0.6 is 0 Å². The Balaban J connectivity index is 1.90. The van der Waals surface area contributed by atoms with Crippen molar-refractivity contribution in [3.05, 3.63) is 23.2 Å². The van der Waals surface area contributed by atoms with Crippen LogP contribution in [0.3, 0.4) is 0 Å². The molecule has 0 aromatic carbocycles. The average molecular weight is 265 g/mol. The molecule has 2 rings (SSSR count). The molecule has 0 aliphatic heterocycles. The Morgan fingerprint density at radius 1 is 1.58 bits per heavy atom. The molecule has 1 aromatic heterocycles. The summed E-state index contributed by atoms with van der Waals surface area (Å²) in [5.74, 6) is 2.24. The summed E-state index contributed by atoms with van der Waals surface area (Å²) in [7, 11) is 0. The van der Waals surface area contributed by atoms with Crippen molar-refractivity contribution >= 4 is 5.84 Å². The Kier molecular flexibility index (Phi) is 3.85. The average Bonchev–Trinajstić information content (AvgIpc) is 3.04. The Morgan fingerprint density at radius 2 is 2.26 bits per heavy atom. The first-order chi connectivity index (χ1) is 8.96. The number of amidine groups is 1. The normalized spacial score (nSPS) is 19.4. The lowest BCUT2D eigenvalue weighted by molar-refractivity contribution is 0.313. The molecule has 0 bridgehead atoms. The van der Waals surface area contributed by atoms with Gasteiger partial charge in [-0.25, -0.2) is 0 Å². The van der Waals surface area contributed by atoms with E-state index < -0.39 is 0 Å². The third kappa shape index (κ3) is 3.29. The molecule has 1 fully saturated rings. The van der Waals surface area contributed by atoms with Crippen LogP contribution in [0, 0.1) is 19.3 Å². The Labute approximate surface area is 113 Å². The van der Waals surface area contributed by atoms with Crippen molar-refractivity contribution in [3.63, 3.8) is 0 Å². The Morgan fingerprint density at radius 3 is 2.74 bits per heavy atom. The molecule has 0 radical (unpaired) electrons. The molecule has 1 heterocycles. The zero-order valence-electron chi connectivity index (χ0n) is 11.9. The van der Waals surface area contributed by atoms with Crippen molar-refractivity contribution in [1.29, 1.82) is 0 Å². The van der Waals surface area contributed by atoms with E-state index in [1.165, 1.54) is 5.56 Å². The number of nitrogens with one attached hydrogen (secondary N) is 1. The van der Waals surface area contributed by atoms with Crippen LogP contribution in [0.15, 0.2) is 15.6 Å². The zero-order valence-corrected chi connectivity index (χ0v) is 11.9. The van der Waals surface area contributed by atoms with Crippen LogP contribution in [0.5, 0.6) is 0 Å². The SMILES string of the molecule is Cc1cc(C(C)NCC2(CC(N)=NO)CC2)c(C)o1. The fourth-order valence-electron chi connectivity index (χ4n) is 2.57. The second-order valence-corrected chi connectivity index (χ2v) is 5.74. The van der Waals surface area contributed by atoms with Gasteiger partial charge in [-0.3, -0.25) is 0 Å². The van der Waals surface area contributed by atoms with E-state index in [-0.39, 0.29) is 11.5 Å². The first-order valence-corrected chi connectivity index (χ1v) is 6.72. The minimum absolute atomic E-state index is 0.178. The molecule has 1 atom stereocenters. The topological polar surface area (TPSA) is 83.8 Å². The van der Waals surface area contributed by atoms with E-state index in [0.717, 1.165) is 30.9 Å². The summed E-state index contributed by atoms with van der Waals surface area (Å²) in [5, 5.41) is 15.3. The summed E-state index contributed by atoms with van der Waals surface area (Å²) in [5.41, 5.74) is 6.98. The maximum Gasteiger partial charge on any atom is 0.139 e. The predicted molar refractivity (Wildman–Crippen MR) is 74.3 cm³/mol. The molecule has 0 spiro atoms. The van der Waals surface area contributed by atoms with Gasteiger partial charge in [0.2, 0.25) is 0 Å². The van der Waals surface area contributed by atoms with E-state index in [1.54, 1.807) is 0 Å². The highest BCUT2D eigenvalue weighted by Crippen LogP contribution is 2.48. The highest BCUT2D eigenvalue weighted by Gasteiger charge is 2.43. The molecule has 5 heteroatoms. The van der Waals surface area contributed by atoms with Gasteiger partial charge in [-0.05, 0) is 45.1 Å². The first-order valence-electron chi connectivity index (χ1n) is 6.72. The number of oxime groups is 1. The number of nitrogens with two attached hydrogens (primary N) is 1. The molecule has 1 unspecified atom stereocenters. The second kappa shape index (κ2) is 5.25. The van der Waals surface area contributed by atoms with Crippen LogP contribution in [0.4, 0.5) is 0 Å². The van der Waals surface area contributed by atoms with Crippen LogP contribution in [-0.4, -0.2) is 17.6 Å². The summed E-state index contributed by atoms with van der Waals surface area (Å²) in [6.07, 6.45) is 2.92. The van der Waals surface area contributed by atoms with E-state index in [0.29, 0.717) is 12.3 Å². The maximum atomic E-state index is 8.65. The lowest BCUT2D eigenvalue weighted by Gasteiger charge is -2.19. The molecule has 19 heavy (non-hydrogen) atoms. The predicted octanol–water partition coefficient (Wildman–Crippen LogP) is 2.46.